The van der Waals surface area contributed by atoms with E-state index < -0.39 is 0 Å². The van der Waals surface area contributed by atoms with E-state index in [0.717, 1.165) is 25.9 Å². The fraction of sp³-hybridized carbons (Fsp3) is 0.917. The third-order valence-corrected chi connectivity index (χ3v) is 3.58. The number of piperidine rings is 1. The molecule has 16 heavy (non-hydrogen) atoms. The van der Waals surface area contributed by atoms with Gasteiger partial charge in [-0.25, -0.2) is 4.79 Å². The van der Waals surface area contributed by atoms with Gasteiger partial charge < -0.3 is 15.0 Å². The number of carbonyl (C=O) groups excluding carboxylic acids is 1. The first kappa shape index (κ1) is 13.3. The molecule has 0 unspecified atom stereocenters. The van der Waals surface area contributed by atoms with Crippen molar-refractivity contribution in [3.63, 3.8) is 0 Å². The summed E-state index contributed by atoms with van der Waals surface area (Å²) in [5, 5.41) is 2.81. The summed E-state index contributed by atoms with van der Waals surface area (Å²) in [5.74, 6) is 0. The third-order valence-electron chi connectivity index (χ3n) is 3.58. The minimum atomic E-state index is -0.326. The molecule has 1 aliphatic heterocycles. The lowest BCUT2D eigenvalue weighted by Crippen LogP contribution is -2.46. The van der Waals surface area contributed by atoms with Crippen LogP contribution in [0.1, 0.15) is 33.6 Å². The zero-order valence-electron chi connectivity index (χ0n) is 10.9. The summed E-state index contributed by atoms with van der Waals surface area (Å²) < 4.78 is 4.59. The van der Waals surface area contributed by atoms with E-state index >= 15 is 0 Å². The van der Waals surface area contributed by atoms with E-state index in [0.29, 0.717) is 12.6 Å². The Morgan fingerprint density at radius 3 is 2.44 bits per heavy atom. The Balaban J connectivity index is 2.35. The number of hydrogen-bond acceptors (Lipinski definition) is 3. The number of nitrogens with one attached hydrogen (secondary N) is 1. The summed E-state index contributed by atoms with van der Waals surface area (Å²) in [6.45, 7) is 9.66. The van der Waals surface area contributed by atoms with Gasteiger partial charge in [0, 0.05) is 12.6 Å². The van der Waals surface area contributed by atoms with Gasteiger partial charge in [-0.3, -0.25) is 0 Å². The van der Waals surface area contributed by atoms with Crippen LogP contribution in [0.15, 0.2) is 0 Å². The highest BCUT2D eigenvalue weighted by Crippen LogP contribution is 2.30. The topological polar surface area (TPSA) is 41.6 Å². The lowest BCUT2D eigenvalue weighted by atomic mass is 9.80. The SMILES string of the molecule is COC(=O)NCC1(C)CCN(C(C)C)CC1. The molecule has 4 nitrogen and oxygen atoms in total. The maximum Gasteiger partial charge on any atom is 0.406 e. The maximum absolute atomic E-state index is 11.0. The molecule has 1 N–H and O–H groups in total. The summed E-state index contributed by atoms with van der Waals surface area (Å²) in [6.07, 6.45) is 1.94. The molecular formula is C12H24N2O2. The summed E-state index contributed by atoms with van der Waals surface area (Å²) >= 11 is 0. The summed E-state index contributed by atoms with van der Waals surface area (Å²) in [6, 6.07) is 0.623. The number of nitrogens with zero attached hydrogens (tertiary/aromatic N) is 1. The van der Waals surface area contributed by atoms with Crippen molar-refractivity contribution in [2.24, 2.45) is 5.41 Å². The van der Waals surface area contributed by atoms with Gasteiger partial charge in [-0.1, -0.05) is 6.92 Å². The van der Waals surface area contributed by atoms with E-state index in [1.165, 1.54) is 7.11 Å². The van der Waals surface area contributed by atoms with Gasteiger partial charge in [0.1, 0.15) is 0 Å². The first-order chi connectivity index (χ1) is 7.47. The van der Waals surface area contributed by atoms with E-state index in [-0.39, 0.29) is 11.5 Å². The summed E-state index contributed by atoms with van der Waals surface area (Å²) in [4.78, 5) is 13.5. The molecule has 0 aromatic heterocycles. The lowest BCUT2D eigenvalue weighted by Gasteiger charge is -2.41. The van der Waals surface area contributed by atoms with Crippen molar-refractivity contribution < 1.29 is 9.53 Å². The van der Waals surface area contributed by atoms with E-state index in [1.807, 2.05) is 0 Å². The third kappa shape index (κ3) is 3.67. The Kier molecular flexibility index (Phi) is 4.59. The molecule has 1 amide bonds. The molecule has 1 fully saturated rings. The molecule has 0 radical (unpaired) electrons. The first-order valence-corrected chi connectivity index (χ1v) is 6.03. The van der Waals surface area contributed by atoms with Crippen molar-refractivity contribution in [2.45, 2.75) is 39.7 Å². The zero-order chi connectivity index (χ0) is 12.2. The van der Waals surface area contributed by atoms with Gasteiger partial charge in [-0.2, -0.15) is 0 Å². The minimum absolute atomic E-state index is 0.222. The van der Waals surface area contributed by atoms with Crippen LogP contribution in [0, 0.1) is 5.41 Å². The van der Waals surface area contributed by atoms with E-state index in [2.05, 4.69) is 35.7 Å². The average molecular weight is 228 g/mol. The average Bonchev–Trinajstić information content (AvgIpc) is 2.26. The monoisotopic (exact) mass is 228 g/mol. The molecule has 1 aliphatic rings. The molecule has 0 aliphatic carbocycles. The van der Waals surface area contributed by atoms with Gasteiger partial charge in [0.15, 0.2) is 0 Å². The van der Waals surface area contributed by atoms with Crippen LogP contribution in [0.2, 0.25) is 0 Å². The second-order valence-corrected chi connectivity index (χ2v) is 5.29. The Bertz CT molecular complexity index is 233. The molecule has 0 spiro atoms. The van der Waals surface area contributed by atoms with Gasteiger partial charge in [-0.15, -0.1) is 0 Å². The summed E-state index contributed by atoms with van der Waals surface area (Å²) in [7, 11) is 1.40. The number of rotatable bonds is 3. The van der Waals surface area contributed by atoms with Crippen LogP contribution in [-0.4, -0.2) is 43.8 Å². The smallest absolute Gasteiger partial charge is 0.406 e. The first-order valence-electron chi connectivity index (χ1n) is 6.03. The molecule has 1 rings (SSSR count). The highest BCUT2D eigenvalue weighted by Gasteiger charge is 2.31. The molecule has 0 aromatic carbocycles. The van der Waals surface area contributed by atoms with E-state index in [1.54, 1.807) is 0 Å². The van der Waals surface area contributed by atoms with Crippen LogP contribution in [0.3, 0.4) is 0 Å². The number of carbonyl (C=O) groups is 1. The number of ether oxygens (including phenoxy) is 1. The van der Waals surface area contributed by atoms with Crippen LogP contribution in [-0.2, 0) is 4.74 Å². The Morgan fingerprint density at radius 1 is 1.44 bits per heavy atom. The molecule has 0 aromatic rings. The van der Waals surface area contributed by atoms with Crippen molar-refractivity contribution in [3.05, 3.63) is 0 Å². The predicted molar refractivity (Wildman–Crippen MR) is 64.5 cm³/mol. The second kappa shape index (κ2) is 5.53. The molecule has 0 saturated carbocycles. The van der Waals surface area contributed by atoms with Gasteiger partial charge >= 0.3 is 6.09 Å². The number of methoxy groups -OCH3 is 1. The van der Waals surface area contributed by atoms with Crippen molar-refractivity contribution in [1.29, 1.82) is 0 Å². The standard InChI is InChI=1S/C12H24N2O2/c1-10(2)14-7-5-12(3,6-8-14)9-13-11(15)16-4/h10H,5-9H2,1-4H3,(H,13,15). The van der Waals surface area contributed by atoms with Crippen LogP contribution in [0.5, 0.6) is 0 Å². The molecule has 1 saturated heterocycles. The molecule has 4 heteroatoms. The molecule has 1 heterocycles. The fourth-order valence-electron chi connectivity index (χ4n) is 2.11. The van der Waals surface area contributed by atoms with E-state index in [9.17, 15) is 4.79 Å². The maximum atomic E-state index is 11.0. The highest BCUT2D eigenvalue weighted by atomic mass is 16.5. The molecule has 94 valence electrons. The zero-order valence-corrected chi connectivity index (χ0v) is 10.9. The number of likely N-dealkylation sites (tertiary alicyclic amines) is 1. The Hall–Kier alpha value is -0.770. The molecule has 0 atom stereocenters. The van der Waals surface area contributed by atoms with Crippen molar-refractivity contribution in [3.8, 4) is 0 Å². The Morgan fingerprint density at radius 2 is 2.00 bits per heavy atom. The second-order valence-electron chi connectivity index (χ2n) is 5.29. The lowest BCUT2D eigenvalue weighted by molar-refractivity contribution is 0.0914. The van der Waals surface area contributed by atoms with Gasteiger partial charge in [0.05, 0.1) is 7.11 Å². The van der Waals surface area contributed by atoms with Gasteiger partial charge in [0.2, 0.25) is 0 Å². The largest absolute Gasteiger partial charge is 0.453 e. The van der Waals surface area contributed by atoms with Gasteiger partial charge in [0.25, 0.3) is 0 Å². The highest BCUT2D eigenvalue weighted by molar-refractivity contribution is 5.66. The van der Waals surface area contributed by atoms with Crippen molar-refractivity contribution >= 4 is 6.09 Å². The minimum Gasteiger partial charge on any atom is -0.453 e. The van der Waals surface area contributed by atoms with Crippen molar-refractivity contribution in [1.82, 2.24) is 10.2 Å². The number of amides is 1. The quantitative estimate of drug-likeness (QED) is 0.801. The van der Waals surface area contributed by atoms with Crippen molar-refractivity contribution in [2.75, 3.05) is 26.7 Å². The van der Waals surface area contributed by atoms with Crippen LogP contribution >= 0.6 is 0 Å². The fourth-order valence-corrected chi connectivity index (χ4v) is 2.11. The molecular weight excluding hydrogens is 204 g/mol. The Labute approximate surface area is 98.3 Å². The van der Waals surface area contributed by atoms with E-state index in [4.69, 9.17) is 0 Å². The van der Waals surface area contributed by atoms with Gasteiger partial charge in [-0.05, 0) is 45.2 Å². The van der Waals surface area contributed by atoms with Crippen LogP contribution < -0.4 is 5.32 Å². The van der Waals surface area contributed by atoms with Crippen LogP contribution in [0.25, 0.3) is 0 Å². The number of hydrogen-bond donors (Lipinski definition) is 1. The van der Waals surface area contributed by atoms with Crippen LogP contribution in [0.4, 0.5) is 4.79 Å². The normalized spacial score (nSPS) is 20.8. The predicted octanol–water partition coefficient (Wildman–Crippen LogP) is 1.85. The number of alkyl carbamates (subject to hydrolysis) is 1. The molecule has 0 bridgehead atoms. The summed E-state index contributed by atoms with van der Waals surface area (Å²) in [5.41, 5.74) is 0.222.